The first-order valence-corrected chi connectivity index (χ1v) is 6.77. The molecule has 7 heteroatoms. The number of carboxylic acid groups (broad SMARTS) is 1. The molecule has 1 aromatic carbocycles. The zero-order valence-corrected chi connectivity index (χ0v) is 12.9. The maximum absolute atomic E-state index is 13.3. The van der Waals surface area contributed by atoms with Crippen molar-refractivity contribution in [3.05, 3.63) is 28.0 Å². The number of carbonyl (C=O) groups is 2. The molecule has 0 aliphatic carbocycles. The third kappa shape index (κ3) is 4.19. The number of urea groups is 1. The summed E-state index contributed by atoms with van der Waals surface area (Å²) in [6.45, 7) is 4.77. The van der Waals surface area contributed by atoms with Crippen LogP contribution in [-0.4, -0.2) is 23.1 Å². The molecule has 0 aliphatic heterocycles. The molecule has 0 radical (unpaired) electrons. The van der Waals surface area contributed by atoms with Crippen LogP contribution in [0, 0.1) is 18.7 Å². The summed E-state index contributed by atoms with van der Waals surface area (Å²) in [7, 11) is 0. The van der Waals surface area contributed by atoms with Crippen molar-refractivity contribution in [1.82, 2.24) is 5.32 Å². The first-order valence-electron chi connectivity index (χ1n) is 5.98. The van der Waals surface area contributed by atoms with Gasteiger partial charge >= 0.3 is 12.0 Å². The van der Waals surface area contributed by atoms with Crippen LogP contribution in [0.5, 0.6) is 0 Å². The number of nitrogens with one attached hydrogen (secondary N) is 2. The van der Waals surface area contributed by atoms with Crippen molar-refractivity contribution in [2.45, 2.75) is 26.8 Å². The van der Waals surface area contributed by atoms with Crippen LogP contribution < -0.4 is 10.6 Å². The van der Waals surface area contributed by atoms with E-state index in [-0.39, 0.29) is 4.47 Å². The van der Waals surface area contributed by atoms with Crippen LogP contribution in [0.3, 0.4) is 0 Å². The Hall–Kier alpha value is -1.63. The molecular weight excluding hydrogens is 331 g/mol. The molecule has 2 amide bonds. The summed E-state index contributed by atoms with van der Waals surface area (Å²) < 4.78 is 13.5. The van der Waals surface area contributed by atoms with Gasteiger partial charge in [0.2, 0.25) is 0 Å². The average molecular weight is 347 g/mol. The number of aliphatic carboxylic acids is 1. The number of anilines is 1. The van der Waals surface area contributed by atoms with Gasteiger partial charge in [-0.3, -0.25) is 4.79 Å². The van der Waals surface area contributed by atoms with Gasteiger partial charge in [-0.2, -0.15) is 0 Å². The van der Waals surface area contributed by atoms with Gasteiger partial charge in [0.15, 0.2) is 0 Å². The third-order valence-corrected chi connectivity index (χ3v) is 3.62. The van der Waals surface area contributed by atoms with E-state index in [1.807, 2.05) is 0 Å². The second-order valence-electron chi connectivity index (χ2n) is 4.60. The number of carboxylic acids is 1. The molecule has 5 nitrogen and oxygen atoms in total. The zero-order chi connectivity index (χ0) is 15.4. The van der Waals surface area contributed by atoms with Gasteiger partial charge in [0, 0.05) is 11.7 Å². The monoisotopic (exact) mass is 346 g/mol. The van der Waals surface area contributed by atoms with Gasteiger partial charge < -0.3 is 15.7 Å². The highest BCUT2D eigenvalue weighted by atomic mass is 79.9. The van der Waals surface area contributed by atoms with Gasteiger partial charge in [-0.25, -0.2) is 9.18 Å². The van der Waals surface area contributed by atoms with Gasteiger partial charge in [0.25, 0.3) is 0 Å². The Labute approximate surface area is 124 Å². The zero-order valence-electron chi connectivity index (χ0n) is 11.3. The van der Waals surface area contributed by atoms with Crippen LogP contribution >= 0.6 is 15.9 Å². The van der Waals surface area contributed by atoms with Crippen molar-refractivity contribution in [2.24, 2.45) is 5.92 Å². The lowest BCUT2D eigenvalue weighted by molar-refractivity contribution is -0.141. The fourth-order valence-corrected chi connectivity index (χ4v) is 1.83. The highest BCUT2D eigenvalue weighted by Gasteiger charge is 2.21. The van der Waals surface area contributed by atoms with Crippen LogP contribution in [0.1, 0.15) is 19.4 Å². The van der Waals surface area contributed by atoms with Gasteiger partial charge in [0.05, 0.1) is 10.4 Å². The molecule has 1 aromatic rings. The highest BCUT2D eigenvalue weighted by molar-refractivity contribution is 9.10. The Kier molecular flexibility index (Phi) is 5.50. The van der Waals surface area contributed by atoms with Crippen LogP contribution in [0.25, 0.3) is 0 Å². The number of halogens is 2. The summed E-state index contributed by atoms with van der Waals surface area (Å²) in [5, 5.41) is 13.9. The van der Waals surface area contributed by atoms with Crippen molar-refractivity contribution >= 4 is 33.6 Å². The summed E-state index contributed by atoms with van der Waals surface area (Å²) in [5.41, 5.74) is 1.02. The summed E-state index contributed by atoms with van der Waals surface area (Å²) in [6.07, 6.45) is 0. The van der Waals surface area contributed by atoms with Crippen molar-refractivity contribution in [2.75, 3.05) is 5.32 Å². The smallest absolute Gasteiger partial charge is 0.319 e. The first-order chi connectivity index (χ1) is 9.22. The topological polar surface area (TPSA) is 78.4 Å². The van der Waals surface area contributed by atoms with Crippen molar-refractivity contribution in [3.63, 3.8) is 0 Å². The quantitative estimate of drug-likeness (QED) is 0.783. The summed E-state index contributed by atoms with van der Waals surface area (Å²) in [5.74, 6) is -2.11. The van der Waals surface area contributed by atoms with Crippen LogP contribution in [0.15, 0.2) is 16.6 Å². The minimum atomic E-state index is -0.987. The number of hydrogen-bond acceptors (Lipinski definition) is 2. The maximum Gasteiger partial charge on any atom is 0.319 e. The summed E-state index contributed by atoms with van der Waals surface area (Å²) in [4.78, 5) is 22.6. The van der Waals surface area contributed by atoms with Gasteiger partial charge in [-0.15, -0.1) is 0 Å². The number of amides is 2. The Bertz CT molecular complexity index is 537. The molecule has 3 N–H and O–H groups in total. The molecule has 1 rings (SSSR count). The van der Waals surface area contributed by atoms with E-state index in [9.17, 15) is 14.0 Å². The van der Waals surface area contributed by atoms with E-state index in [4.69, 9.17) is 5.11 Å². The van der Waals surface area contributed by atoms with Gasteiger partial charge in [-0.05, 0) is 54.4 Å². The maximum atomic E-state index is 13.3. The van der Waals surface area contributed by atoms with Crippen molar-refractivity contribution in [3.8, 4) is 0 Å². The molecule has 110 valence electrons. The van der Waals surface area contributed by atoms with E-state index in [1.165, 1.54) is 19.1 Å². The second-order valence-corrected chi connectivity index (χ2v) is 5.45. The normalized spacial score (nSPS) is 13.4. The molecule has 0 saturated carbocycles. The van der Waals surface area contributed by atoms with Gasteiger partial charge in [0.1, 0.15) is 5.82 Å². The van der Waals surface area contributed by atoms with Crippen LogP contribution in [-0.2, 0) is 4.79 Å². The Morgan fingerprint density at radius 1 is 1.35 bits per heavy atom. The van der Waals surface area contributed by atoms with E-state index in [1.54, 1.807) is 13.8 Å². The van der Waals surface area contributed by atoms with E-state index >= 15 is 0 Å². The molecular formula is C13H16BrFN2O3. The number of rotatable bonds is 4. The molecule has 0 aromatic heterocycles. The molecule has 0 spiro atoms. The molecule has 0 heterocycles. The number of carbonyl (C=O) groups excluding carboxylic acids is 1. The SMILES string of the molecule is Cc1cc(F)c(Br)cc1NC(=O)NC(C)C(C)C(=O)O. The van der Waals surface area contributed by atoms with E-state index in [0.717, 1.165) is 0 Å². The Balaban J connectivity index is 2.72. The van der Waals surface area contributed by atoms with E-state index < -0.39 is 29.8 Å². The lowest BCUT2D eigenvalue weighted by atomic mass is 10.0. The average Bonchev–Trinajstić information content (AvgIpc) is 2.34. The molecule has 20 heavy (non-hydrogen) atoms. The third-order valence-electron chi connectivity index (χ3n) is 3.01. The molecule has 2 unspecified atom stereocenters. The predicted octanol–water partition coefficient (Wildman–Crippen LogP) is 3.13. The van der Waals surface area contributed by atoms with Crippen LogP contribution in [0.4, 0.5) is 14.9 Å². The molecule has 2 atom stereocenters. The largest absolute Gasteiger partial charge is 0.481 e. The van der Waals surface area contributed by atoms with E-state index in [2.05, 4.69) is 26.6 Å². The number of aryl methyl sites for hydroxylation is 1. The first kappa shape index (κ1) is 16.4. The number of hydrogen-bond donors (Lipinski definition) is 3. The minimum Gasteiger partial charge on any atom is -0.481 e. The highest BCUT2D eigenvalue weighted by Crippen LogP contribution is 2.24. The Morgan fingerprint density at radius 3 is 2.50 bits per heavy atom. The minimum absolute atomic E-state index is 0.241. The van der Waals surface area contributed by atoms with E-state index in [0.29, 0.717) is 11.3 Å². The predicted molar refractivity (Wildman–Crippen MR) is 77.3 cm³/mol. The Morgan fingerprint density at radius 2 is 1.95 bits per heavy atom. The lowest BCUT2D eigenvalue weighted by Gasteiger charge is -2.18. The molecule has 0 saturated heterocycles. The van der Waals surface area contributed by atoms with Gasteiger partial charge in [-0.1, -0.05) is 0 Å². The van der Waals surface area contributed by atoms with Crippen molar-refractivity contribution < 1.29 is 19.1 Å². The fraction of sp³-hybridized carbons (Fsp3) is 0.385. The summed E-state index contributed by atoms with van der Waals surface area (Å²) in [6, 6.07) is 1.68. The number of benzene rings is 1. The van der Waals surface area contributed by atoms with Crippen molar-refractivity contribution in [1.29, 1.82) is 0 Å². The second kappa shape index (κ2) is 6.69. The molecule has 0 bridgehead atoms. The molecule has 0 fully saturated rings. The summed E-state index contributed by atoms with van der Waals surface area (Å²) >= 11 is 3.04. The molecule has 0 aliphatic rings. The van der Waals surface area contributed by atoms with Crippen LogP contribution in [0.2, 0.25) is 0 Å². The standard InChI is InChI=1S/C13H16BrFN2O3/c1-6-4-10(15)9(14)5-11(6)17-13(20)16-8(3)7(2)12(18)19/h4-5,7-8H,1-3H3,(H,18,19)(H2,16,17,20). The fourth-order valence-electron chi connectivity index (χ4n) is 1.48. The lowest BCUT2D eigenvalue weighted by Crippen LogP contribution is -2.42.